The van der Waals surface area contributed by atoms with E-state index in [4.69, 9.17) is 9.47 Å². The minimum atomic E-state index is -0.348. The molecule has 0 aliphatic carbocycles. The number of esters is 1. The van der Waals surface area contributed by atoms with E-state index in [1.54, 1.807) is 25.1 Å². The van der Waals surface area contributed by atoms with Crippen LogP contribution in [-0.4, -0.2) is 19.2 Å². The van der Waals surface area contributed by atoms with Crippen molar-refractivity contribution in [1.29, 1.82) is 0 Å². The SMILES string of the molecule is CCOC(=O)c1ccc(Br)cc1OCC(C)C. The summed E-state index contributed by atoms with van der Waals surface area (Å²) in [6.07, 6.45) is 0. The fourth-order valence-corrected chi connectivity index (χ4v) is 1.59. The molecule has 0 aliphatic heterocycles. The highest BCUT2D eigenvalue weighted by atomic mass is 79.9. The van der Waals surface area contributed by atoms with Crippen LogP contribution in [0.25, 0.3) is 0 Å². The molecule has 1 rings (SSSR count). The van der Waals surface area contributed by atoms with E-state index in [-0.39, 0.29) is 5.97 Å². The molecule has 0 spiro atoms. The van der Waals surface area contributed by atoms with Gasteiger partial charge in [-0.1, -0.05) is 29.8 Å². The molecule has 1 aromatic rings. The molecule has 0 saturated carbocycles. The van der Waals surface area contributed by atoms with Crippen LogP contribution in [0.5, 0.6) is 5.75 Å². The Labute approximate surface area is 110 Å². The van der Waals surface area contributed by atoms with Gasteiger partial charge in [0, 0.05) is 4.47 Å². The van der Waals surface area contributed by atoms with Gasteiger partial charge in [-0.25, -0.2) is 4.79 Å². The molecule has 0 radical (unpaired) electrons. The van der Waals surface area contributed by atoms with Gasteiger partial charge in [0.15, 0.2) is 0 Å². The maximum atomic E-state index is 11.7. The minimum Gasteiger partial charge on any atom is -0.492 e. The first-order chi connectivity index (χ1) is 8.04. The van der Waals surface area contributed by atoms with Crippen LogP contribution in [0.1, 0.15) is 31.1 Å². The first-order valence-electron chi connectivity index (χ1n) is 5.64. The van der Waals surface area contributed by atoms with E-state index >= 15 is 0 Å². The highest BCUT2D eigenvalue weighted by molar-refractivity contribution is 9.10. The third kappa shape index (κ3) is 4.38. The van der Waals surface area contributed by atoms with Gasteiger partial charge in [0.1, 0.15) is 11.3 Å². The van der Waals surface area contributed by atoms with Crippen LogP contribution in [0.4, 0.5) is 0 Å². The monoisotopic (exact) mass is 300 g/mol. The topological polar surface area (TPSA) is 35.5 Å². The van der Waals surface area contributed by atoms with Crippen LogP contribution < -0.4 is 4.74 Å². The van der Waals surface area contributed by atoms with Crippen molar-refractivity contribution in [3.63, 3.8) is 0 Å². The number of carbonyl (C=O) groups is 1. The van der Waals surface area contributed by atoms with E-state index < -0.39 is 0 Å². The van der Waals surface area contributed by atoms with E-state index in [0.29, 0.717) is 30.4 Å². The molecule has 0 aliphatic rings. The molecule has 17 heavy (non-hydrogen) atoms. The average Bonchev–Trinajstić information content (AvgIpc) is 2.26. The Morgan fingerprint density at radius 2 is 2.12 bits per heavy atom. The summed E-state index contributed by atoms with van der Waals surface area (Å²) in [5, 5.41) is 0. The lowest BCUT2D eigenvalue weighted by molar-refractivity contribution is 0.0521. The number of rotatable bonds is 5. The number of ether oxygens (including phenoxy) is 2. The predicted molar refractivity (Wildman–Crippen MR) is 70.4 cm³/mol. The third-order valence-electron chi connectivity index (χ3n) is 2.01. The van der Waals surface area contributed by atoms with Crippen LogP contribution in [-0.2, 0) is 4.74 Å². The molecule has 0 fully saturated rings. The summed E-state index contributed by atoms with van der Waals surface area (Å²) in [6.45, 7) is 6.83. The Balaban J connectivity index is 2.91. The van der Waals surface area contributed by atoms with E-state index in [1.807, 2.05) is 0 Å². The van der Waals surface area contributed by atoms with Crippen molar-refractivity contribution in [2.75, 3.05) is 13.2 Å². The smallest absolute Gasteiger partial charge is 0.341 e. The Morgan fingerprint density at radius 1 is 1.41 bits per heavy atom. The molecule has 94 valence electrons. The van der Waals surface area contributed by atoms with Crippen molar-refractivity contribution in [1.82, 2.24) is 0 Å². The molecule has 0 bridgehead atoms. The molecular weight excluding hydrogens is 284 g/mol. The first-order valence-corrected chi connectivity index (χ1v) is 6.43. The molecule has 0 saturated heterocycles. The second kappa shape index (κ2) is 6.64. The number of benzene rings is 1. The number of hydrogen-bond acceptors (Lipinski definition) is 3. The minimum absolute atomic E-state index is 0.348. The number of carbonyl (C=O) groups excluding carboxylic acids is 1. The van der Waals surface area contributed by atoms with E-state index in [2.05, 4.69) is 29.8 Å². The molecule has 0 aromatic heterocycles. The van der Waals surface area contributed by atoms with Gasteiger partial charge in [-0.2, -0.15) is 0 Å². The molecule has 0 N–H and O–H groups in total. The van der Waals surface area contributed by atoms with Gasteiger partial charge in [0.05, 0.1) is 13.2 Å². The van der Waals surface area contributed by atoms with Gasteiger partial charge < -0.3 is 9.47 Å². The Bertz CT molecular complexity index is 388. The summed E-state index contributed by atoms with van der Waals surface area (Å²) >= 11 is 3.36. The van der Waals surface area contributed by atoms with Gasteiger partial charge >= 0.3 is 5.97 Å². The molecular formula is C13H17BrO3. The van der Waals surface area contributed by atoms with E-state index in [1.165, 1.54) is 0 Å². The summed E-state index contributed by atoms with van der Waals surface area (Å²) in [5.41, 5.74) is 0.468. The zero-order valence-corrected chi connectivity index (χ0v) is 11.9. The molecule has 4 heteroatoms. The second-order valence-corrected chi connectivity index (χ2v) is 4.98. The molecule has 0 heterocycles. The summed E-state index contributed by atoms with van der Waals surface area (Å²) in [5.74, 6) is 0.620. The van der Waals surface area contributed by atoms with Crippen LogP contribution in [0, 0.1) is 5.92 Å². The molecule has 0 atom stereocenters. The number of hydrogen-bond donors (Lipinski definition) is 0. The highest BCUT2D eigenvalue weighted by Crippen LogP contribution is 2.25. The normalized spacial score (nSPS) is 10.4. The second-order valence-electron chi connectivity index (χ2n) is 4.07. The van der Waals surface area contributed by atoms with Crippen LogP contribution in [0.15, 0.2) is 22.7 Å². The summed E-state index contributed by atoms with van der Waals surface area (Å²) < 4.78 is 11.5. The first kappa shape index (κ1) is 14.0. The van der Waals surface area contributed by atoms with Crippen molar-refractivity contribution < 1.29 is 14.3 Å². The lowest BCUT2D eigenvalue weighted by Crippen LogP contribution is -2.10. The fraction of sp³-hybridized carbons (Fsp3) is 0.462. The molecule has 0 unspecified atom stereocenters. The van der Waals surface area contributed by atoms with Crippen LogP contribution in [0.3, 0.4) is 0 Å². The van der Waals surface area contributed by atoms with Crippen molar-refractivity contribution in [3.05, 3.63) is 28.2 Å². The lowest BCUT2D eigenvalue weighted by atomic mass is 10.2. The van der Waals surface area contributed by atoms with Crippen molar-refractivity contribution in [2.45, 2.75) is 20.8 Å². The Hall–Kier alpha value is -1.03. The number of halogens is 1. The largest absolute Gasteiger partial charge is 0.492 e. The predicted octanol–water partition coefficient (Wildman–Crippen LogP) is 3.66. The van der Waals surface area contributed by atoms with Crippen LogP contribution in [0.2, 0.25) is 0 Å². The summed E-state index contributed by atoms with van der Waals surface area (Å²) in [7, 11) is 0. The summed E-state index contributed by atoms with van der Waals surface area (Å²) in [6, 6.07) is 5.29. The van der Waals surface area contributed by atoms with Crippen molar-refractivity contribution in [2.24, 2.45) is 5.92 Å². The molecule has 1 aromatic carbocycles. The Kier molecular flexibility index (Phi) is 5.48. The average molecular weight is 301 g/mol. The lowest BCUT2D eigenvalue weighted by Gasteiger charge is -2.12. The third-order valence-corrected chi connectivity index (χ3v) is 2.50. The fourth-order valence-electron chi connectivity index (χ4n) is 1.25. The molecule has 0 amide bonds. The van der Waals surface area contributed by atoms with Crippen molar-refractivity contribution >= 4 is 21.9 Å². The zero-order chi connectivity index (χ0) is 12.8. The molecule has 3 nitrogen and oxygen atoms in total. The summed E-state index contributed by atoms with van der Waals surface area (Å²) in [4.78, 5) is 11.7. The van der Waals surface area contributed by atoms with Crippen LogP contribution >= 0.6 is 15.9 Å². The van der Waals surface area contributed by atoms with Gasteiger partial charge in [-0.05, 0) is 31.0 Å². The van der Waals surface area contributed by atoms with Gasteiger partial charge in [-0.3, -0.25) is 0 Å². The van der Waals surface area contributed by atoms with Gasteiger partial charge in [0.2, 0.25) is 0 Å². The highest BCUT2D eigenvalue weighted by Gasteiger charge is 2.14. The van der Waals surface area contributed by atoms with Gasteiger partial charge in [-0.15, -0.1) is 0 Å². The quantitative estimate of drug-likeness (QED) is 0.779. The zero-order valence-electron chi connectivity index (χ0n) is 10.3. The maximum absolute atomic E-state index is 11.7. The Morgan fingerprint density at radius 3 is 2.71 bits per heavy atom. The van der Waals surface area contributed by atoms with Crippen molar-refractivity contribution in [3.8, 4) is 5.75 Å². The van der Waals surface area contributed by atoms with Gasteiger partial charge in [0.25, 0.3) is 0 Å². The van der Waals surface area contributed by atoms with E-state index in [0.717, 1.165) is 4.47 Å². The maximum Gasteiger partial charge on any atom is 0.341 e. The van der Waals surface area contributed by atoms with E-state index in [9.17, 15) is 4.79 Å². The standard InChI is InChI=1S/C13H17BrO3/c1-4-16-13(15)11-6-5-10(14)7-12(11)17-8-9(2)3/h5-7,9H,4,8H2,1-3H3.